The number of hydrogen-bond acceptors (Lipinski definition) is 1. The van der Waals surface area contributed by atoms with E-state index in [9.17, 15) is 0 Å². The van der Waals surface area contributed by atoms with E-state index in [4.69, 9.17) is 0 Å². The molecule has 0 bridgehead atoms. The van der Waals surface area contributed by atoms with Gasteiger partial charge in [0.2, 0.25) is 0 Å². The molecule has 0 atom stereocenters. The van der Waals surface area contributed by atoms with Gasteiger partial charge in [-0.25, -0.2) is 4.39 Å². The molecule has 1 aromatic heterocycles. The highest BCUT2D eigenvalue weighted by molar-refractivity contribution is 5.88. The molecule has 2 heteroatoms. The largest absolute Gasteiger partial charge is 0.253 e. The molecule has 2 rings (SSSR count). The Morgan fingerprint density at radius 3 is 1.86 bits per heavy atom. The molecule has 0 N–H and O–H groups in total. The molecule has 2 aromatic rings. The van der Waals surface area contributed by atoms with Gasteiger partial charge in [-0.2, -0.15) is 0 Å². The van der Waals surface area contributed by atoms with Crippen molar-refractivity contribution < 1.29 is 4.39 Å². The van der Waals surface area contributed by atoms with Crippen LogP contribution < -0.4 is 0 Å². The summed E-state index contributed by atoms with van der Waals surface area (Å²) in [6.07, 6.45) is 0. The first-order valence-corrected chi connectivity index (χ1v) is 7.55. The van der Waals surface area contributed by atoms with Crippen molar-refractivity contribution >= 4 is 10.9 Å². The van der Waals surface area contributed by atoms with E-state index in [-0.39, 0.29) is 16.6 Å². The number of aromatic nitrogens is 1. The molecule has 0 spiro atoms. The number of benzene rings is 1. The maximum Gasteiger partial charge on any atom is 0.133 e. The average molecular weight is 287 g/mol. The second-order valence-corrected chi connectivity index (χ2v) is 8.04. The SMILES string of the molecule is Cc1ccc2c(C)c(C(C)(C)C)c(F)c(C(C)(C)C)c2n1. The second kappa shape index (κ2) is 4.79. The van der Waals surface area contributed by atoms with Crippen molar-refractivity contribution in [3.8, 4) is 0 Å². The van der Waals surface area contributed by atoms with Crippen LogP contribution >= 0.6 is 0 Å². The quantitative estimate of drug-likeness (QED) is 0.616. The molecule has 0 fully saturated rings. The molecule has 0 aliphatic carbocycles. The normalized spacial score (nSPS) is 13.0. The number of pyridine rings is 1. The Morgan fingerprint density at radius 1 is 0.857 bits per heavy atom. The van der Waals surface area contributed by atoms with Crippen LogP contribution in [0.5, 0.6) is 0 Å². The van der Waals surface area contributed by atoms with Crippen molar-refractivity contribution in [2.75, 3.05) is 0 Å². The summed E-state index contributed by atoms with van der Waals surface area (Å²) in [5.41, 5.74) is 3.78. The van der Waals surface area contributed by atoms with Crippen LogP contribution in [0.2, 0.25) is 0 Å². The minimum absolute atomic E-state index is 0.0851. The summed E-state index contributed by atoms with van der Waals surface area (Å²) in [5, 5.41) is 1.07. The van der Waals surface area contributed by atoms with Crippen LogP contribution in [0.25, 0.3) is 10.9 Å². The summed E-state index contributed by atoms with van der Waals surface area (Å²) in [5.74, 6) is -0.0851. The molecule has 114 valence electrons. The van der Waals surface area contributed by atoms with Crippen molar-refractivity contribution in [1.82, 2.24) is 4.98 Å². The molecule has 1 nitrogen and oxygen atoms in total. The number of aryl methyl sites for hydroxylation is 2. The van der Waals surface area contributed by atoms with Crippen LogP contribution in [-0.2, 0) is 10.8 Å². The zero-order chi connectivity index (χ0) is 16.2. The number of hydrogen-bond donors (Lipinski definition) is 0. The van der Waals surface area contributed by atoms with Crippen LogP contribution in [0.4, 0.5) is 4.39 Å². The first-order chi connectivity index (χ1) is 9.44. The summed E-state index contributed by atoms with van der Waals surface area (Å²) in [6, 6.07) is 4.09. The molecule has 0 aliphatic heterocycles. The van der Waals surface area contributed by atoms with Crippen LogP contribution in [0.3, 0.4) is 0 Å². The molecule has 0 radical (unpaired) electrons. The van der Waals surface area contributed by atoms with E-state index >= 15 is 4.39 Å². The van der Waals surface area contributed by atoms with E-state index in [0.717, 1.165) is 33.3 Å². The lowest BCUT2D eigenvalue weighted by molar-refractivity contribution is 0.483. The Bertz CT molecular complexity index is 700. The van der Waals surface area contributed by atoms with Gasteiger partial charge in [0.15, 0.2) is 0 Å². The van der Waals surface area contributed by atoms with E-state index in [1.807, 2.05) is 19.9 Å². The molecule has 0 unspecified atom stereocenters. The topological polar surface area (TPSA) is 12.9 Å². The standard InChI is InChI=1S/C19H26FN/c1-11-9-10-13-12(2)14(18(3,4)5)16(20)15(17(13)21-11)19(6,7)8/h9-10H,1-8H3. The third-order valence-electron chi connectivity index (χ3n) is 3.99. The number of nitrogens with zero attached hydrogens (tertiary/aromatic N) is 1. The maximum absolute atomic E-state index is 15.3. The lowest BCUT2D eigenvalue weighted by Crippen LogP contribution is -2.23. The molecular formula is C19H26FN. The van der Waals surface area contributed by atoms with Crippen LogP contribution in [0.15, 0.2) is 12.1 Å². The van der Waals surface area contributed by atoms with Gasteiger partial charge in [0.05, 0.1) is 5.52 Å². The van der Waals surface area contributed by atoms with E-state index in [2.05, 4.69) is 52.6 Å². The lowest BCUT2D eigenvalue weighted by atomic mass is 9.76. The van der Waals surface area contributed by atoms with Crippen LogP contribution in [0.1, 0.15) is 63.9 Å². The van der Waals surface area contributed by atoms with E-state index in [1.54, 1.807) is 0 Å². The van der Waals surface area contributed by atoms with Gasteiger partial charge < -0.3 is 0 Å². The highest BCUT2D eigenvalue weighted by Crippen LogP contribution is 2.40. The fourth-order valence-corrected chi connectivity index (χ4v) is 3.15. The van der Waals surface area contributed by atoms with E-state index in [0.29, 0.717) is 0 Å². The third kappa shape index (κ3) is 2.68. The van der Waals surface area contributed by atoms with Gasteiger partial charge in [0, 0.05) is 16.6 Å². The summed E-state index contributed by atoms with van der Waals surface area (Å²) >= 11 is 0. The fraction of sp³-hybridized carbons (Fsp3) is 0.526. The summed E-state index contributed by atoms with van der Waals surface area (Å²) in [7, 11) is 0. The Hall–Kier alpha value is -1.44. The summed E-state index contributed by atoms with van der Waals surface area (Å²) in [4.78, 5) is 4.65. The Morgan fingerprint density at radius 2 is 1.38 bits per heavy atom. The zero-order valence-corrected chi connectivity index (χ0v) is 14.5. The lowest BCUT2D eigenvalue weighted by Gasteiger charge is -2.29. The second-order valence-electron chi connectivity index (χ2n) is 8.04. The van der Waals surface area contributed by atoms with Crippen molar-refractivity contribution in [3.63, 3.8) is 0 Å². The number of halogens is 1. The third-order valence-corrected chi connectivity index (χ3v) is 3.99. The summed E-state index contributed by atoms with van der Waals surface area (Å²) < 4.78 is 15.3. The molecule has 21 heavy (non-hydrogen) atoms. The summed E-state index contributed by atoms with van der Waals surface area (Å²) in [6.45, 7) is 16.3. The first kappa shape index (κ1) is 15.9. The average Bonchev–Trinajstić information content (AvgIpc) is 2.24. The van der Waals surface area contributed by atoms with Gasteiger partial charge in [-0.15, -0.1) is 0 Å². The highest BCUT2D eigenvalue weighted by Gasteiger charge is 2.31. The van der Waals surface area contributed by atoms with Gasteiger partial charge in [0.25, 0.3) is 0 Å². The minimum Gasteiger partial charge on any atom is -0.253 e. The van der Waals surface area contributed by atoms with Crippen molar-refractivity contribution in [3.05, 3.63) is 40.3 Å². The predicted octanol–water partition coefficient (Wildman–Crippen LogP) is 5.59. The highest BCUT2D eigenvalue weighted by atomic mass is 19.1. The van der Waals surface area contributed by atoms with Crippen molar-refractivity contribution in [2.45, 2.75) is 66.2 Å². The smallest absolute Gasteiger partial charge is 0.133 e. The Balaban J connectivity index is 3.08. The van der Waals surface area contributed by atoms with Crippen LogP contribution in [0, 0.1) is 19.7 Å². The fourth-order valence-electron chi connectivity index (χ4n) is 3.15. The molecule has 0 saturated heterocycles. The number of fused-ring (bicyclic) bond motifs is 1. The molecule has 1 heterocycles. The molecular weight excluding hydrogens is 261 g/mol. The number of rotatable bonds is 0. The zero-order valence-electron chi connectivity index (χ0n) is 14.5. The first-order valence-electron chi connectivity index (χ1n) is 7.55. The predicted molar refractivity (Wildman–Crippen MR) is 88.6 cm³/mol. The van der Waals surface area contributed by atoms with Crippen molar-refractivity contribution in [1.29, 1.82) is 0 Å². The van der Waals surface area contributed by atoms with Gasteiger partial charge in [-0.1, -0.05) is 47.6 Å². The molecule has 0 aliphatic rings. The molecule has 0 amide bonds. The molecule has 1 aromatic carbocycles. The van der Waals surface area contributed by atoms with Crippen LogP contribution in [-0.4, -0.2) is 4.98 Å². The Kier molecular flexibility index (Phi) is 3.64. The van der Waals surface area contributed by atoms with Gasteiger partial charge in [-0.05, 0) is 41.9 Å². The van der Waals surface area contributed by atoms with E-state index in [1.165, 1.54) is 0 Å². The molecule has 0 saturated carbocycles. The van der Waals surface area contributed by atoms with Gasteiger partial charge in [0.1, 0.15) is 5.82 Å². The monoisotopic (exact) mass is 287 g/mol. The van der Waals surface area contributed by atoms with E-state index < -0.39 is 0 Å². The Labute approximate surface area is 127 Å². The van der Waals surface area contributed by atoms with Gasteiger partial charge in [-0.3, -0.25) is 4.98 Å². The maximum atomic E-state index is 15.3. The van der Waals surface area contributed by atoms with Crippen molar-refractivity contribution in [2.24, 2.45) is 0 Å². The minimum atomic E-state index is -0.281. The van der Waals surface area contributed by atoms with Gasteiger partial charge >= 0.3 is 0 Å².